The van der Waals surface area contributed by atoms with Crippen molar-refractivity contribution in [1.29, 1.82) is 0 Å². The summed E-state index contributed by atoms with van der Waals surface area (Å²) >= 11 is 0. The molecule has 0 aromatic carbocycles. The summed E-state index contributed by atoms with van der Waals surface area (Å²) in [6, 6.07) is 0.516. The lowest BCUT2D eigenvalue weighted by Crippen LogP contribution is -2.50. The molecule has 0 spiro atoms. The molecule has 2 fully saturated rings. The van der Waals surface area contributed by atoms with Crippen molar-refractivity contribution in [2.24, 2.45) is 0 Å². The largest absolute Gasteiger partial charge is 0.341 e. The molecule has 0 bridgehead atoms. The van der Waals surface area contributed by atoms with Crippen molar-refractivity contribution in [3.05, 3.63) is 0 Å². The standard InChI is InChI=1S/C14H27N3O/c1-12(14(18)17-9-5-2-6-10-17)16-11-13-7-3-4-8-15-13/h12-13,15-16H,2-11H2,1H3. The van der Waals surface area contributed by atoms with Gasteiger partial charge >= 0.3 is 0 Å². The van der Waals surface area contributed by atoms with Crippen LogP contribution in [0, 0.1) is 0 Å². The summed E-state index contributed by atoms with van der Waals surface area (Å²) in [4.78, 5) is 14.2. The van der Waals surface area contributed by atoms with E-state index in [0.717, 1.165) is 26.2 Å². The highest BCUT2D eigenvalue weighted by Gasteiger charge is 2.22. The third-order valence-electron chi connectivity index (χ3n) is 4.12. The van der Waals surface area contributed by atoms with Gasteiger partial charge in [-0.15, -0.1) is 0 Å². The van der Waals surface area contributed by atoms with Gasteiger partial charge < -0.3 is 15.5 Å². The van der Waals surface area contributed by atoms with E-state index >= 15 is 0 Å². The molecule has 2 unspecified atom stereocenters. The molecular weight excluding hydrogens is 226 g/mol. The molecule has 2 N–H and O–H groups in total. The van der Waals surface area contributed by atoms with Gasteiger partial charge in [0.2, 0.25) is 5.91 Å². The molecule has 0 aromatic heterocycles. The topological polar surface area (TPSA) is 44.4 Å². The van der Waals surface area contributed by atoms with Gasteiger partial charge in [0.1, 0.15) is 0 Å². The first-order chi connectivity index (χ1) is 8.77. The van der Waals surface area contributed by atoms with E-state index in [4.69, 9.17) is 0 Å². The first kappa shape index (κ1) is 13.8. The third-order valence-corrected chi connectivity index (χ3v) is 4.12. The Morgan fingerprint density at radius 2 is 2.06 bits per heavy atom. The van der Waals surface area contributed by atoms with Gasteiger partial charge in [0.05, 0.1) is 6.04 Å². The number of hydrogen-bond donors (Lipinski definition) is 2. The Morgan fingerprint density at radius 3 is 2.72 bits per heavy atom. The molecule has 18 heavy (non-hydrogen) atoms. The van der Waals surface area contributed by atoms with Crippen molar-refractivity contribution in [2.75, 3.05) is 26.2 Å². The monoisotopic (exact) mass is 253 g/mol. The Kier molecular flexibility index (Phi) is 5.45. The molecule has 0 saturated carbocycles. The van der Waals surface area contributed by atoms with Crippen molar-refractivity contribution in [3.63, 3.8) is 0 Å². The summed E-state index contributed by atoms with van der Waals surface area (Å²) in [6.45, 7) is 5.94. The fraction of sp³-hybridized carbons (Fsp3) is 0.929. The van der Waals surface area contributed by atoms with Gasteiger partial charge in [-0.3, -0.25) is 4.79 Å². The highest BCUT2D eigenvalue weighted by Crippen LogP contribution is 2.10. The maximum absolute atomic E-state index is 12.2. The van der Waals surface area contributed by atoms with Crippen LogP contribution in [-0.4, -0.2) is 49.1 Å². The van der Waals surface area contributed by atoms with Gasteiger partial charge in [-0.05, 0) is 45.6 Å². The highest BCUT2D eigenvalue weighted by molar-refractivity contribution is 5.81. The van der Waals surface area contributed by atoms with E-state index in [-0.39, 0.29) is 11.9 Å². The van der Waals surface area contributed by atoms with Crippen LogP contribution in [0.1, 0.15) is 45.4 Å². The molecule has 0 radical (unpaired) electrons. The lowest BCUT2D eigenvalue weighted by atomic mass is 10.0. The maximum atomic E-state index is 12.2. The number of carbonyl (C=O) groups is 1. The van der Waals surface area contributed by atoms with Crippen LogP contribution in [0.25, 0.3) is 0 Å². The lowest BCUT2D eigenvalue weighted by Gasteiger charge is -2.31. The molecule has 2 atom stereocenters. The fourth-order valence-electron chi connectivity index (χ4n) is 2.89. The van der Waals surface area contributed by atoms with Crippen LogP contribution in [0.2, 0.25) is 0 Å². The summed E-state index contributed by atoms with van der Waals surface area (Å²) < 4.78 is 0. The average molecular weight is 253 g/mol. The average Bonchev–Trinajstić information content (AvgIpc) is 2.46. The second kappa shape index (κ2) is 7.10. The van der Waals surface area contributed by atoms with Crippen LogP contribution in [0.5, 0.6) is 0 Å². The van der Waals surface area contributed by atoms with E-state index in [1.165, 1.54) is 38.5 Å². The Morgan fingerprint density at radius 1 is 1.28 bits per heavy atom. The Balaban J connectivity index is 1.69. The Labute approximate surface area is 110 Å². The van der Waals surface area contributed by atoms with Crippen LogP contribution in [0.4, 0.5) is 0 Å². The van der Waals surface area contributed by atoms with E-state index in [0.29, 0.717) is 6.04 Å². The first-order valence-corrected chi connectivity index (χ1v) is 7.53. The van der Waals surface area contributed by atoms with Crippen LogP contribution in [-0.2, 0) is 4.79 Å². The normalized spacial score (nSPS) is 26.9. The van der Waals surface area contributed by atoms with Crippen LogP contribution in [0.15, 0.2) is 0 Å². The van der Waals surface area contributed by atoms with Crippen molar-refractivity contribution >= 4 is 5.91 Å². The quantitative estimate of drug-likeness (QED) is 0.789. The minimum atomic E-state index is -0.0353. The molecule has 2 heterocycles. The number of nitrogens with one attached hydrogen (secondary N) is 2. The minimum Gasteiger partial charge on any atom is -0.341 e. The molecule has 2 aliphatic rings. The van der Waals surface area contributed by atoms with Crippen LogP contribution in [0.3, 0.4) is 0 Å². The van der Waals surface area contributed by atoms with Crippen LogP contribution >= 0.6 is 0 Å². The van der Waals surface area contributed by atoms with Crippen molar-refractivity contribution in [1.82, 2.24) is 15.5 Å². The molecule has 4 heteroatoms. The fourth-order valence-corrected chi connectivity index (χ4v) is 2.89. The zero-order chi connectivity index (χ0) is 12.8. The molecule has 2 aliphatic heterocycles. The van der Waals surface area contributed by atoms with E-state index in [1.807, 2.05) is 11.8 Å². The number of hydrogen-bond acceptors (Lipinski definition) is 3. The summed E-state index contributed by atoms with van der Waals surface area (Å²) in [5, 5.41) is 6.90. The number of rotatable bonds is 4. The summed E-state index contributed by atoms with van der Waals surface area (Å²) in [5.41, 5.74) is 0. The van der Waals surface area contributed by atoms with Gasteiger partial charge in [0, 0.05) is 25.7 Å². The van der Waals surface area contributed by atoms with Gasteiger partial charge in [-0.1, -0.05) is 6.42 Å². The number of carbonyl (C=O) groups excluding carboxylic acids is 1. The molecule has 0 aromatic rings. The smallest absolute Gasteiger partial charge is 0.239 e. The molecule has 2 rings (SSSR count). The van der Waals surface area contributed by atoms with E-state index in [9.17, 15) is 4.79 Å². The third kappa shape index (κ3) is 3.95. The maximum Gasteiger partial charge on any atom is 0.239 e. The predicted octanol–water partition coefficient (Wildman–Crippen LogP) is 1.12. The summed E-state index contributed by atoms with van der Waals surface area (Å²) in [6.07, 6.45) is 7.45. The van der Waals surface area contributed by atoms with Gasteiger partial charge in [0.15, 0.2) is 0 Å². The second-order valence-corrected chi connectivity index (χ2v) is 5.66. The summed E-state index contributed by atoms with van der Waals surface area (Å²) in [5.74, 6) is 0.283. The van der Waals surface area contributed by atoms with Gasteiger partial charge in [-0.2, -0.15) is 0 Å². The number of amides is 1. The Bertz CT molecular complexity index is 258. The molecule has 104 valence electrons. The molecule has 4 nitrogen and oxygen atoms in total. The lowest BCUT2D eigenvalue weighted by molar-refractivity contribution is -0.133. The highest BCUT2D eigenvalue weighted by atomic mass is 16.2. The van der Waals surface area contributed by atoms with E-state index in [1.54, 1.807) is 0 Å². The molecule has 1 amide bonds. The van der Waals surface area contributed by atoms with E-state index in [2.05, 4.69) is 10.6 Å². The van der Waals surface area contributed by atoms with Crippen molar-refractivity contribution in [2.45, 2.75) is 57.5 Å². The molecular formula is C14H27N3O. The number of likely N-dealkylation sites (tertiary alicyclic amines) is 1. The van der Waals surface area contributed by atoms with Crippen molar-refractivity contribution < 1.29 is 4.79 Å². The van der Waals surface area contributed by atoms with Gasteiger partial charge in [0.25, 0.3) is 0 Å². The SMILES string of the molecule is CC(NCC1CCCCN1)C(=O)N1CCCCC1. The van der Waals surface area contributed by atoms with Crippen molar-refractivity contribution in [3.8, 4) is 0 Å². The summed E-state index contributed by atoms with van der Waals surface area (Å²) in [7, 11) is 0. The number of nitrogens with zero attached hydrogens (tertiary/aromatic N) is 1. The zero-order valence-corrected chi connectivity index (χ0v) is 11.6. The molecule has 0 aliphatic carbocycles. The van der Waals surface area contributed by atoms with Gasteiger partial charge in [-0.25, -0.2) is 0 Å². The predicted molar refractivity (Wildman–Crippen MR) is 73.5 cm³/mol. The first-order valence-electron chi connectivity index (χ1n) is 7.53. The number of piperidine rings is 2. The molecule has 2 saturated heterocycles. The minimum absolute atomic E-state index is 0.0353. The Hall–Kier alpha value is -0.610. The zero-order valence-electron chi connectivity index (χ0n) is 11.6. The second-order valence-electron chi connectivity index (χ2n) is 5.66. The van der Waals surface area contributed by atoms with E-state index < -0.39 is 0 Å². The van der Waals surface area contributed by atoms with Crippen LogP contribution < -0.4 is 10.6 Å².